The maximum absolute atomic E-state index is 13.8. The molecular weight excluding hydrogens is 389 g/mol. The third kappa shape index (κ3) is 4.22. The molecule has 1 aliphatic rings. The summed E-state index contributed by atoms with van der Waals surface area (Å²) in [5.41, 5.74) is 1.19. The van der Waals surface area contributed by atoms with Crippen LogP contribution in [0.1, 0.15) is 39.4 Å². The summed E-state index contributed by atoms with van der Waals surface area (Å²) in [6.07, 6.45) is 0.719. The molecule has 1 aliphatic heterocycles. The Morgan fingerprint density at radius 2 is 1.80 bits per heavy atom. The molecular formula is C22H20FN3O4. The standard InChI is InChI=1S/C22H20FN3O4/c1-14-24-20(30-25-14)15-6-8-16(9-7-15)22(28)29-17-10-12-26(13-11-17)21(27)18-4-2-3-5-19(18)23/h2-9,17H,10-13H2,1H3. The van der Waals surface area contributed by atoms with Crippen molar-refractivity contribution in [2.75, 3.05) is 13.1 Å². The van der Waals surface area contributed by atoms with Crippen LogP contribution in [0.5, 0.6) is 0 Å². The van der Waals surface area contributed by atoms with E-state index in [0.29, 0.717) is 48.8 Å². The number of hydrogen-bond acceptors (Lipinski definition) is 6. The minimum Gasteiger partial charge on any atom is -0.459 e. The van der Waals surface area contributed by atoms with Gasteiger partial charge >= 0.3 is 5.97 Å². The lowest BCUT2D eigenvalue weighted by atomic mass is 10.1. The molecule has 1 fully saturated rings. The zero-order chi connectivity index (χ0) is 21.1. The molecule has 30 heavy (non-hydrogen) atoms. The van der Waals surface area contributed by atoms with E-state index in [9.17, 15) is 14.0 Å². The van der Waals surface area contributed by atoms with E-state index in [1.165, 1.54) is 12.1 Å². The average Bonchev–Trinajstić information content (AvgIpc) is 3.20. The van der Waals surface area contributed by atoms with Crippen molar-refractivity contribution in [3.8, 4) is 11.5 Å². The highest BCUT2D eigenvalue weighted by Crippen LogP contribution is 2.21. The van der Waals surface area contributed by atoms with Crippen LogP contribution in [0.15, 0.2) is 53.1 Å². The highest BCUT2D eigenvalue weighted by atomic mass is 19.1. The highest BCUT2D eigenvalue weighted by Gasteiger charge is 2.27. The van der Waals surface area contributed by atoms with Crippen molar-refractivity contribution in [1.82, 2.24) is 15.0 Å². The molecule has 1 aromatic heterocycles. The number of piperidine rings is 1. The second-order valence-electron chi connectivity index (χ2n) is 7.10. The number of carbonyl (C=O) groups excluding carboxylic acids is 2. The predicted octanol–water partition coefficient (Wildman–Crippen LogP) is 3.65. The summed E-state index contributed by atoms with van der Waals surface area (Å²) in [7, 11) is 0. The molecule has 4 rings (SSSR count). The van der Waals surface area contributed by atoms with E-state index >= 15 is 0 Å². The van der Waals surface area contributed by atoms with Crippen LogP contribution in [-0.2, 0) is 4.74 Å². The van der Waals surface area contributed by atoms with Gasteiger partial charge in [-0.05, 0) is 43.3 Å². The van der Waals surface area contributed by atoms with Crippen LogP contribution < -0.4 is 0 Å². The van der Waals surface area contributed by atoms with Crippen LogP contribution in [-0.4, -0.2) is 46.1 Å². The first kappa shape index (κ1) is 19.8. The van der Waals surface area contributed by atoms with Crippen LogP contribution >= 0.6 is 0 Å². The Hall–Kier alpha value is -3.55. The largest absolute Gasteiger partial charge is 0.459 e. The number of aryl methyl sites for hydroxylation is 1. The van der Waals surface area contributed by atoms with Crippen molar-refractivity contribution in [3.05, 3.63) is 71.3 Å². The van der Waals surface area contributed by atoms with Crippen LogP contribution in [0.3, 0.4) is 0 Å². The number of benzene rings is 2. The van der Waals surface area contributed by atoms with Gasteiger partial charge in [0.15, 0.2) is 5.82 Å². The van der Waals surface area contributed by atoms with Gasteiger partial charge in [0, 0.05) is 31.5 Å². The van der Waals surface area contributed by atoms with E-state index in [4.69, 9.17) is 9.26 Å². The molecule has 154 valence electrons. The van der Waals surface area contributed by atoms with E-state index in [1.54, 1.807) is 48.2 Å². The summed E-state index contributed by atoms with van der Waals surface area (Å²) in [5.74, 6) is -0.380. The van der Waals surface area contributed by atoms with E-state index in [2.05, 4.69) is 10.1 Å². The molecule has 0 radical (unpaired) electrons. The van der Waals surface area contributed by atoms with Gasteiger partial charge < -0.3 is 14.2 Å². The van der Waals surface area contributed by atoms with Gasteiger partial charge in [0.25, 0.3) is 11.8 Å². The molecule has 0 bridgehead atoms. The molecule has 8 heteroatoms. The van der Waals surface area contributed by atoms with Crippen molar-refractivity contribution >= 4 is 11.9 Å². The Kier molecular flexibility index (Phi) is 5.56. The number of halogens is 1. The molecule has 0 spiro atoms. The molecule has 1 amide bonds. The lowest BCUT2D eigenvalue weighted by Gasteiger charge is -2.31. The zero-order valence-corrected chi connectivity index (χ0v) is 16.4. The maximum Gasteiger partial charge on any atom is 0.338 e. The van der Waals surface area contributed by atoms with Gasteiger partial charge in [-0.3, -0.25) is 4.79 Å². The fourth-order valence-corrected chi connectivity index (χ4v) is 3.36. The quantitative estimate of drug-likeness (QED) is 0.612. The summed E-state index contributed by atoms with van der Waals surface area (Å²) >= 11 is 0. The van der Waals surface area contributed by atoms with Gasteiger partial charge in [-0.25, -0.2) is 9.18 Å². The van der Waals surface area contributed by atoms with E-state index in [0.717, 1.165) is 0 Å². The minimum atomic E-state index is -0.532. The van der Waals surface area contributed by atoms with Crippen molar-refractivity contribution in [2.24, 2.45) is 0 Å². The molecule has 0 unspecified atom stereocenters. The summed E-state index contributed by atoms with van der Waals surface area (Å²) in [4.78, 5) is 30.7. The normalized spacial score (nSPS) is 14.5. The predicted molar refractivity (Wildman–Crippen MR) is 105 cm³/mol. The van der Waals surface area contributed by atoms with Gasteiger partial charge in [0.1, 0.15) is 11.9 Å². The van der Waals surface area contributed by atoms with Crippen molar-refractivity contribution in [3.63, 3.8) is 0 Å². The molecule has 0 aliphatic carbocycles. The summed E-state index contributed by atoms with van der Waals surface area (Å²) < 4.78 is 24.5. The maximum atomic E-state index is 13.8. The Balaban J connectivity index is 1.32. The topological polar surface area (TPSA) is 85.5 Å². The van der Waals surface area contributed by atoms with Crippen LogP contribution in [0.4, 0.5) is 4.39 Å². The monoisotopic (exact) mass is 409 g/mol. The number of rotatable bonds is 4. The van der Waals surface area contributed by atoms with E-state index in [1.807, 2.05) is 0 Å². The number of hydrogen-bond donors (Lipinski definition) is 0. The fraction of sp³-hybridized carbons (Fsp3) is 0.273. The average molecular weight is 409 g/mol. The molecule has 0 saturated carbocycles. The van der Waals surface area contributed by atoms with E-state index in [-0.39, 0.29) is 17.6 Å². The van der Waals surface area contributed by atoms with E-state index < -0.39 is 11.8 Å². The zero-order valence-electron chi connectivity index (χ0n) is 16.4. The second kappa shape index (κ2) is 8.44. The lowest BCUT2D eigenvalue weighted by Crippen LogP contribution is -2.41. The first-order chi connectivity index (χ1) is 14.5. The van der Waals surface area contributed by atoms with Gasteiger partial charge in [0.05, 0.1) is 11.1 Å². The molecule has 7 nitrogen and oxygen atoms in total. The van der Waals surface area contributed by atoms with Gasteiger partial charge in [-0.1, -0.05) is 17.3 Å². The minimum absolute atomic E-state index is 0.0597. The number of nitrogens with zero attached hydrogens (tertiary/aromatic N) is 3. The van der Waals surface area contributed by atoms with Crippen LogP contribution in [0, 0.1) is 12.7 Å². The second-order valence-corrected chi connectivity index (χ2v) is 7.10. The lowest BCUT2D eigenvalue weighted by molar-refractivity contribution is 0.0120. The Bertz CT molecular complexity index is 1060. The summed E-state index contributed by atoms with van der Waals surface area (Å²) in [6, 6.07) is 12.7. The van der Waals surface area contributed by atoms with Crippen molar-refractivity contribution in [1.29, 1.82) is 0 Å². The molecule has 0 N–H and O–H groups in total. The van der Waals surface area contributed by atoms with Gasteiger partial charge in [-0.2, -0.15) is 4.98 Å². The Morgan fingerprint density at radius 3 is 2.43 bits per heavy atom. The number of aromatic nitrogens is 2. The first-order valence-electron chi connectivity index (χ1n) is 9.67. The number of likely N-dealkylation sites (tertiary alicyclic amines) is 1. The Morgan fingerprint density at radius 1 is 1.10 bits per heavy atom. The first-order valence-corrected chi connectivity index (χ1v) is 9.67. The molecule has 2 heterocycles. The van der Waals surface area contributed by atoms with Crippen molar-refractivity contribution < 1.29 is 23.2 Å². The highest BCUT2D eigenvalue weighted by molar-refractivity contribution is 5.94. The number of amides is 1. The van der Waals surface area contributed by atoms with Crippen LogP contribution in [0.2, 0.25) is 0 Å². The number of ether oxygens (including phenoxy) is 1. The molecule has 3 aromatic rings. The smallest absolute Gasteiger partial charge is 0.338 e. The third-order valence-corrected chi connectivity index (χ3v) is 5.00. The molecule has 2 aromatic carbocycles. The fourth-order valence-electron chi connectivity index (χ4n) is 3.36. The van der Waals surface area contributed by atoms with Gasteiger partial charge in [0.2, 0.25) is 0 Å². The number of esters is 1. The molecule has 1 saturated heterocycles. The van der Waals surface area contributed by atoms with Crippen LogP contribution in [0.25, 0.3) is 11.5 Å². The summed E-state index contributed by atoms with van der Waals surface area (Å²) in [5, 5.41) is 3.74. The summed E-state index contributed by atoms with van der Waals surface area (Å²) in [6.45, 7) is 2.54. The molecule has 0 atom stereocenters. The van der Waals surface area contributed by atoms with Crippen molar-refractivity contribution in [2.45, 2.75) is 25.9 Å². The third-order valence-electron chi connectivity index (χ3n) is 5.00. The number of carbonyl (C=O) groups is 2. The Labute approximate surface area is 172 Å². The van der Waals surface area contributed by atoms with Gasteiger partial charge in [-0.15, -0.1) is 0 Å². The SMILES string of the molecule is Cc1noc(-c2ccc(C(=O)OC3CCN(C(=O)c4ccccc4F)CC3)cc2)n1.